The minimum absolute atomic E-state index is 0.0527. The van der Waals surface area contributed by atoms with Crippen LogP contribution in [0.15, 0.2) is 48.5 Å². The molecule has 0 aliphatic heterocycles. The van der Waals surface area contributed by atoms with Crippen LogP contribution < -0.4 is 5.32 Å². The van der Waals surface area contributed by atoms with Gasteiger partial charge in [0.2, 0.25) is 0 Å². The summed E-state index contributed by atoms with van der Waals surface area (Å²) in [7, 11) is 0. The van der Waals surface area contributed by atoms with Crippen LogP contribution in [-0.2, 0) is 0 Å². The molecule has 0 fully saturated rings. The average Bonchev–Trinajstić information content (AvgIpc) is 2.84. The number of carbonyl (C=O) groups excluding carboxylic acids is 1. The first-order chi connectivity index (χ1) is 10.6. The van der Waals surface area contributed by atoms with E-state index in [0.717, 1.165) is 22.0 Å². The summed E-state index contributed by atoms with van der Waals surface area (Å²) in [5, 5.41) is 4.69. The van der Waals surface area contributed by atoms with Crippen molar-refractivity contribution in [3.05, 3.63) is 70.4 Å². The Morgan fingerprint density at radius 3 is 2.64 bits per heavy atom. The minimum Gasteiger partial charge on any atom is -0.350 e. The Morgan fingerprint density at radius 2 is 1.91 bits per heavy atom. The molecule has 2 N–H and O–H groups in total. The molecule has 2 aromatic carbocycles. The SMILES string of the molecule is Cc1c(C(=O)NC(C)c2ccccc2)[nH]c2cc(Cl)ccc12. The van der Waals surface area contributed by atoms with Crippen molar-refractivity contribution in [2.24, 2.45) is 0 Å². The van der Waals surface area contributed by atoms with E-state index < -0.39 is 0 Å². The molecule has 3 rings (SSSR count). The van der Waals surface area contributed by atoms with Crippen LogP contribution in [0, 0.1) is 6.92 Å². The Hall–Kier alpha value is -2.26. The molecule has 1 heterocycles. The maximum atomic E-state index is 12.5. The number of hydrogen-bond acceptors (Lipinski definition) is 1. The predicted octanol–water partition coefficient (Wildman–Crippen LogP) is 4.62. The number of hydrogen-bond donors (Lipinski definition) is 2. The molecule has 0 saturated carbocycles. The highest BCUT2D eigenvalue weighted by molar-refractivity contribution is 6.31. The number of aromatic nitrogens is 1. The maximum absolute atomic E-state index is 12.5. The molecule has 0 radical (unpaired) electrons. The monoisotopic (exact) mass is 312 g/mol. The number of carbonyl (C=O) groups is 1. The molecule has 1 unspecified atom stereocenters. The van der Waals surface area contributed by atoms with E-state index in [9.17, 15) is 4.79 Å². The fourth-order valence-electron chi connectivity index (χ4n) is 2.63. The standard InChI is InChI=1S/C18H17ClN2O/c1-11-15-9-8-14(19)10-16(15)21-17(11)18(22)20-12(2)13-6-4-3-5-7-13/h3-10,12,21H,1-2H3,(H,20,22). The first-order valence-corrected chi connectivity index (χ1v) is 7.57. The van der Waals surface area contributed by atoms with Gasteiger partial charge in [0, 0.05) is 15.9 Å². The van der Waals surface area contributed by atoms with Crippen LogP contribution in [0.2, 0.25) is 5.02 Å². The summed E-state index contributed by atoms with van der Waals surface area (Å²) in [5.41, 5.74) is 3.47. The van der Waals surface area contributed by atoms with Crippen LogP contribution in [0.5, 0.6) is 0 Å². The highest BCUT2D eigenvalue weighted by Crippen LogP contribution is 2.25. The van der Waals surface area contributed by atoms with Gasteiger partial charge >= 0.3 is 0 Å². The molecular weight excluding hydrogens is 296 g/mol. The fourth-order valence-corrected chi connectivity index (χ4v) is 2.80. The second-order valence-corrected chi connectivity index (χ2v) is 5.86. The number of nitrogens with one attached hydrogen (secondary N) is 2. The molecule has 0 spiro atoms. The van der Waals surface area contributed by atoms with Crippen LogP contribution in [0.1, 0.15) is 34.6 Å². The van der Waals surface area contributed by atoms with Gasteiger partial charge in [-0.3, -0.25) is 4.79 Å². The van der Waals surface area contributed by atoms with E-state index in [-0.39, 0.29) is 11.9 Å². The van der Waals surface area contributed by atoms with Gasteiger partial charge in [0.05, 0.1) is 6.04 Å². The Morgan fingerprint density at radius 1 is 1.18 bits per heavy atom. The van der Waals surface area contributed by atoms with Crippen molar-refractivity contribution in [3.63, 3.8) is 0 Å². The molecule has 112 valence electrons. The summed E-state index contributed by atoms with van der Waals surface area (Å²) >= 11 is 6.00. The van der Waals surface area contributed by atoms with Crippen molar-refractivity contribution < 1.29 is 4.79 Å². The van der Waals surface area contributed by atoms with Crippen molar-refractivity contribution in [2.75, 3.05) is 0 Å². The van der Waals surface area contributed by atoms with E-state index in [4.69, 9.17) is 11.6 Å². The predicted molar refractivity (Wildman–Crippen MR) is 90.4 cm³/mol. The highest BCUT2D eigenvalue weighted by atomic mass is 35.5. The zero-order valence-corrected chi connectivity index (χ0v) is 13.2. The summed E-state index contributed by atoms with van der Waals surface area (Å²) in [6.45, 7) is 3.91. The zero-order valence-electron chi connectivity index (χ0n) is 12.5. The van der Waals surface area contributed by atoms with Crippen molar-refractivity contribution in [3.8, 4) is 0 Å². The van der Waals surface area contributed by atoms with E-state index in [1.807, 2.05) is 62.4 Å². The second-order valence-electron chi connectivity index (χ2n) is 5.42. The molecule has 1 aromatic heterocycles. The largest absolute Gasteiger partial charge is 0.350 e. The summed E-state index contributed by atoms with van der Waals surface area (Å²) in [4.78, 5) is 15.7. The van der Waals surface area contributed by atoms with Gasteiger partial charge in [0.15, 0.2) is 0 Å². The van der Waals surface area contributed by atoms with Gasteiger partial charge in [-0.25, -0.2) is 0 Å². The molecule has 0 saturated heterocycles. The molecule has 3 nitrogen and oxygen atoms in total. The average molecular weight is 313 g/mol. The van der Waals surface area contributed by atoms with Crippen LogP contribution in [-0.4, -0.2) is 10.9 Å². The number of aromatic amines is 1. The Balaban J connectivity index is 1.88. The third kappa shape index (κ3) is 2.72. The first kappa shape index (κ1) is 14.7. The van der Waals surface area contributed by atoms with Crippen LogP contribution in [0.3, 0.4) is 0 Å². The summed E-state index contributed by atoms with van der Waals surface area (Å²) in [6, 6.07) is 15.4. The molecule has 1 atom stereocenters. The third-order valence-corrected chi connectivity index (χ3v) is 4.13. The van der Waals surface area contributed by atoms with Crippen LogP contribution in [0.25, 0.3) is 10.9 Å². The normalized spacial score (nSPS) is 12.3. The summed E-state index contributed by atoms with van der Waals surface area (Å²) < 4.78 is 0. The summed E-state index contributed by atoms with van der Waals surface area (Å²) in [5.74, 6) is -0.110. The van der Waals surface area contributed by atoms with E-state index in [1.165, 1.54) is 0 Å². The second kappa shape index (κ2) is 5.85. The third-order valence-electron chi connectivity index (χ3n) is 3.89. The van der Waals surface area contributed by atoms with Gasteiger partial charge in [0.1, 0.15) is 5.69 Å². The number of amides is 1. The van der Waals surface area contributed by atoms with Gasteiger partial charge < -0.3 is 10.3 Å². The Kier molecular flexibility index (Phi) is 3.90. The van der Waals surface area contributed by atoms with Crippen molar-refractivity contribution in [2.45, 2.75) is 19.9 Å². The van der Waals surface area contributed by atoms with Crippen LogP contribution >= 0.6 is 11.6 Å². The fraction of sp³-hybridized carbons (Fsp3) is 0.167. The van der Waals surface area contributed by atoms with Gasteiger partial charge in [-0.1, -0.05) is 48.0 Å². The van der Waals surface area contributed by atoms with Crippen LogP contribution in [0.4, 0.5) is 0 Å². The number of aryl methyl sites for hydroxylation is 1. The maximum Gasteiger partial charge on any atom is 0.268 e. The van der Waals surface area contributed by atoms with Gasteiger partial charge in [-0.2, -0.15) is 0 Å². The molecule has 0 aliphatic carbocycles. The minimum atomic E-state index is -0.110. The summed E-state index contributed by atoms with van der Waals surface area (Å²) in [6.07, 6.45) is 0. The molecule has 0 bridgehead atoms. The lowest BCUT2D eigenvalue weighted by Gasteiger charge is -2.14. The smallest absolute Gasteiger partial charge is 0.268 e. The number of H-pyrrole nitrogens is 1. The molecule has 4 heteroatoms. The van der Waals surface area contributed by atoms with E-state index >= 15 is 0 Å². The topological polar surface area (TPSA) is 44.9 Å². The zero-order chi connectivity index (χ0) is 15.7. The lowest BCUT2D eigenvalue weighted by Crippen LogP contribution is -2.27. The quantitative estimate of drug-likeness (QED) is 0.728. The highest BCUT2D eigenvalue weighted by Gasteiger charge is 2.17. The van der Waals surface area contributed by atoms with Crippen molar-refractivity contribution in [1.29, 1.82) is 0 Å². The number of halogens is 1. The first-order valence-electron chi connectivity index (χ1n) is 7.20. The van der Waals surface area contributed by atoms with E-state index in [0.29, 0.717) is 10.7 Å². The number of fused-ring (bicyclic) bond motifs is 1. The molecule has 3 aromatic rings. The molecule has 0 aliphatic rings. The van der Waals surface area contributed by atoms with Crippen molar-refractivity contribution >= 4 is 28.4 Å². The lowest BCUT2D eigenvalue weighted by atomic mass is 10.1. The lowest BCUT2D eigenvalue weighted by molar-refractivity contribution is 0.0935. The molecule has 22 heavy (non-hydrogen) atoms. The molecule has 1 amide bonds. The van der Waals surface area contributed by atoms with Gasteiger partial charge in [0.25, 0.3) is 5.91 Å². The van der Waals surface area contributed by atoms with Gasteiger partial charge in [-0.15, -0.1) is 0 Å². The number of benzene rings is 2. The Labute approximate surface area is 134 Å². The van der Waals surface area contributed by atoms with Crippen molar-refractivity contribution in [1.82, 2.24) is 10.3 Å². The van der Waals surface area contributed by atoms with E-state index in [2.05, 4.69) is 10.3 Å². The van der Waals surface area contributed by atoms with E-state index in [1.54, 1.807) is 0 Å². The number of rotatable bonds is 3. The molecular formula is C18H17ClN2O. The van der Waals surface area contributed by atoms with Gasteiger partial charge in [-0.05, 0) is 37.1 Å². The Bertz CT molecular complexity index is 824.